The predicted octanol–water partition coefficient (Wildman–Crippen LogP) is 3.95. The molecule has 1 N–H and O–H groups in total. The molecule has 0 aromatic heterocycles. The van der Waals surface area contributed by atoms with Crippen LogP contribution in [0.2, 0.25) is 0 Å². The van der Waals surface area contributed by atoms with Gasteiger partial charge in [0.05, 0.1) is 6.54 Å². The normalized spacial score (nSPS) is 11.5. The summed E-state index contributed by atoms with van der Waals surface area (Å²) in [5, 5.41) is 3.43. The smallest absolute Gasteiger partial charge is 0.0584 e. The average molecular weight is 263 g/mol. The minimum atomic E-state index is 0.325. The van der Waals surface area contributed by atoms with Crippen molar-refractivity contribution in [3.05, 3.63) is 71.3 Å². The molecular weight excluding hydrogens is 242 g/mol. The van der Waals surface area contributed by atoms with Gasteiger partial charge < -0.3 is 0 Å². The number of rotatable bonds is 4. The fourth-order valence-corrected chi connectivity index (χ4v) is 2.03. The second kappa shape index (κ2) is 7.53. The second-order valence-corrected chi connectivity index (χ2v) is 4.87. The molecule has 2 aromatic rings. The third kappa shape index (κ3) is 4.26. The van der Waals surface area contributed by atoms with Crippen LogP contribution < -0.4 is 5.32 Å². The standard InChI is InChI=1S/C19H21N/c1-3-17-11-13-19(14-12-17)16(2)20-15-7-10-18-8-5-4-6-9-18/h4-6,8-9,11-14,16,20H,3,15H2,1-2H3. The van der Waals surface area contributed by atoms with Gasteiger partial charge in [0.2, 0.25) is 0 Å². The van der Waals surface area contributed by atoms with Crippen LogP contribution >= 0.6 is 0 Å². The first-order valence-electron chi connectivity index (χ1n) is 7.15. The summed E-state index contributed by atoms with van der Waals surface area (Å²) in [6.45, 7) is 5.05. The van der Waals surface area contributed by atoms with Gasteiger partial charge >= 0.3 is 0 Å². The van der Waals surface area contributed by atoms with Gasteiger partial charge in [-0.1, -0.05) is 61.2 Å². The van der Waals surface area contributed by atoms with Crippen molar-refractivity contribution in [3.8, 4) is 11.8 Å². The topological polar surface area (TPSA) is 12.0 Å². The van der Waals surface area contributed by atoms with Crippen molar-refractivity contribution in [1.29, 1.82) is 0 Å². The largest absolute Gasteiger partial charge is 0.300 e. The van der Waals surface area contributed by atoms with Crippen LogP contribution in [0.15, 0.2) is 54.6 Å². The fourth-order valence-electron chi connectivity index (χ4n) is 2.03. The van der Waals surface area contributed by atoms with Crippen molar-refractivity contribution >= 4 is 0 Å². The Balaban J connectivity index is 1.86. The number of aryl methyl sites for hydroxylation is 1. The van der Waals surface area contributed by atoms with Crippen LogP contribution in [0.5, 0.6) is 0 Å². The minimum absolute atomic E-state index is 0.325. The molecule has 1 atom stereocenters. The first kappa shape index (κ1) is 14.4. The van der Waals surface area contributed by atoms with Crippen LogP contribution in [0, 0.1) is 11.8 Å². The molecule has 20 heavy (non-hydrogen) atoms. The Morgan fingerprint density at radius 2 is 1.70 bits per heavy atom. The highest BCUT2D eigenvalue weighted by Gasteiger charge is 2.02. The summed E-state index contributed by atoms with van der Waals surface area (Å²) in [5.74, 6) is 6.32. The summed E-state index contributed by atoms with van der Waals surface area (Å²) in [5.41, 5.74) is 3.75. The van der Waals surface area contributed by atoms with E-state index >= 15 is 0 Å². The summed E-state index contributed by atoms with van der Waals surface area (Å²) in [6.07, 6.45) is 1.09. The van der Waals surface area contributed by atoms with Crippen LogP contribution in [-0.2, 0) is 6.42 Å². The Labute approximate surface area is 122 Å². The van der Waals surface area contributed by atoms with E-state index in [1.165, 1.54) is 11.1 Å². The molecule has 0 heterocycles. The molecule has 1 unspecified atom stereocenters. The highest BCUT2D eigenvalue weighted by Crippen LogP contribution is 2.13. The molecule has 0 saturated carbocycles. The SMILES string of the molecule is CCc1ccc(C(C)NCC#Cc2ccccc2)cc1. The van der Waals surface area contributed by atoms with Gasteiger partial charge in [-0.25, -0.2) is 0 Å². The van der Waals surface area contributed by atoms with Crippen LogP contribution in [0.1, 0.15) is 36.6 Å². The number of benzene rings is 2. The fraction of sp³-hybridized carbons (Fsp3) is 0.263. The predicted molar refractivity (Wildman–Crippen MR) is 85.6 cm³/mol. The lowest BCUT2D eigenvalue weighted by molar-refractivity contribution is 0.623. The Kier molecular flexibility index (Phi) is 5.41. The van der Waals surface area contributed by atoms with Gasteiger partial charge in [0.15, 0.2) is 0 Å². The van der Waals surface area contributed by atoms with E-state index in [0.717, 1.165) is 12.0 Å². The third-order valence-corrected chi connectivity index (χ3v) is 3.39. The van der Waals surface area contributed by atoms with E-state index in [1.807, 2.05) is 30.3 Å². The van der Waals surface area contributed by atoms with Gasteiger partial charge in [-0.3, -0.25) is 5.32 Å². The quantitative estimate of drug-likeness (QED) is 0.824. The lowest BCUT2D eigenvalue weighted by atomic mass is 10.1. The molecule has 102 valence electrons. The molecule has 2 rings (SSSR count). The van der Waals surface area contributed by atoms with E-state index in [1.54, 1.807) is 0 Å². The molecule has 0 bridgehead atoms. The average Bonchev–Trinajstić information content (AvgIpc) is 2.52. The zero-order valence-corrected chi connectivity index (χ0v) is 12.2. The van der Waals surface area contributed by atoms with Crippen molar-refractivity contribution in [1.82, 2.24) is 5.32 Å². The third-order valence-electron chi connectivity index (χ3n) is 3.39. The Bertz CT molecular complexity index is 573. The summed E-state index contributed by atoms with van der Waals surface area (Å²) >= 11 is 0. The maximum atomic E-state index is 3.43. The second-order valence-electron chi connectivity index (χ2n) is 4.87. The first-order valence-corrected chi connectivity index (χ1v) is 7.15. The lowest BCUT2D eigenvalue weighted by Gasteiger charge is -2.12. The van der Waals surface area contributed by atoms with Crippen LogP contribution in [0.25, 0.3) is 0 Å². The van der Waals surface area contributed by atoms with E-state index < -0.39 is 0 Å². The van der Waals surface area contributed by atoms with Gasteiger partial charge in [-0.15, -0.1) is 0 Å². The zero-order valence-electron chi connectivity index (χ0n) is 12.2. The zero-order chi connectivity index (χ0) is 14.2. The highest BCUT2D eigenvalue weighted by atomic mass is 14.9. The molecule has 0 aliphatic heterocycles. The molecule has 0 aliphatic rings. The summed E-state index contributed by atoms with van der Waals surface area (Å²) < 4.78 is 0. The molecule has 0 spiro atoms. The van der Waals surface area contributed by atoms with Crippen molar-refractivity contribution in [2.75, 3.05) is 6.54 Å². The van der Waals surface area contributed by atoms with Crippen molar-refractivity contribution in [3.63, 3.8) is 0 Å². The monoisotopic (exact) mass is 263 g/mol. The van der Waals surface area contributed by atoms with E-state index in [0.29, 0.717) is 12.6 Å². The van der Waals surface area contributed by atoms with E-state index in [9.17, 15) is 0 Å². The van der Waals surface area contributed by atoms with Gasteiger partial charge in [0.25, 0.3) is 0 Å². The number of hydrogen-bond donors (Lipinski definition) is 1. The molecule has 0 radical (unpaired) electrons. The highest BCUT2D eigenvalue weighted by molar-refractivity contribution is 5.34. The summed E-state index contributed by atoms with van der Waals surface area (Å²) in [4.78, 5) is 0. The van der Waals surface area contributed by atoms with E-state index in [4.69, 9.17) is 0 Å². The van der Waals surface area contributed by atoms with Gasteiger partial charge in [0.1, 0.15) is 0 Å². The van der Waals surface area contributed by atoms with Gasteiger partial charge in [-0.05, 0) is 36.6 Å². The Hall–Kier alpha value is -2.04. The molecule has 0 saturated heterocycles. The maximum Gasteiger partial charge on any atom is 0.0584 e. The molecule has 0 aliphatic carbocycles. The maximum absolute atomic E-state index is 3.43. The molecule has 0 amide bonds. The van der Waals surface area contributed by atoms with Crippen molar-refractivity contribution < 1.29 is 0 Å². The summed E-state index contributed by atoms with van der Waals surface area (Å²) in [6, 6.07) is 19.2. The van der Waals surface area contributed by atoms with Gasteiger partial charge in [-0.2, -0.15) is 0 Å². The number of nitrogens with one attached hydrogen (secondary N) is 1. The molecular formula is C19H21N. The van der Waals surface area contributed by atoms with Crippen LogP contribution in [-0.4, -0.2) is 6.54 Å². The van der Waals surface area contributed by atoms with Crippen LogP contribution in [0.3, 0.4) is 0 Å². The first-order chi connectivity index (χ1) is 9.79. The Morgan fingerprint density at radius 1 is 1.00 bits per heavy atom. The number of hydrogen-bond acceptors (Lipinski definition) is 1. The van der Waals surface area contributed by atoms with Crippen LogP contribution in [0.4, 0.5) is 0 Å². The molecule has 1 nitrogen and oxygen atoms in total. The van der Waals surface area contributed by atoms with Gasteiger partial charge in [0, 0.05) is 11.6 Å². The van der Waals surface area contributed by atoms with E-state index in [2.05, 4.69) is 55.3 Å². The molecule has 0 fully saturated rings. The lowest BCUT2D eigenvalue weighted by Crippen LogP contribution is -2.18. The van der Waals surface area contributed by atoms with E-state index in [-0.39, 0.29) is 0 Å². The van der Waals surface area contributed by atoms with Crippen molar-refractivity contribution in [2.45, 2.75) is 26.3 Å². The summed E-state index contributed by atoms with van der Waals surface area (Å²) in [7, 11) is 0. The Morgan fingerprint density at radius 3 is 2.35 bits per heavy atom. The molecule has 2 aromatic carbocycles. The minimum Gasteiger partial charge on any atom is -0.300 e. The van der Waals surface area contributed by atoms with Crippen molar-refractivity contribution in [2.24, 2.45) is 0 Å². The molecule has 1 heteroatoms.